The van der Waals surface area contributed by atoms with Gasteiger partial charge in [-0.3, -0.25) is 4.79 Å². The molecule has 1 amide bonds. The molecule has 0 aromatic heterocycles. The lowest BCUT2D eigenvalue weighted by atomic mass is 9.99. The van der Waals surface area contributed by atoms with Gasteiger partial charge in [-0.1, -0.05) is 295 Å². The Balaban J connectivity index is 2.06. The summed E-state index contributed by atoms with van der Waals surface area (Å²) in [5, 5.41) is 54.7. The second-order valence-electron chi connectivity index (χ2n) is 22.6. The van der Waals surface area contributed by atoms with Gasteiger partial charge in [-0.2, -0.15) is 0 Å². The second kappa shape index (κ2) is 54.0. The molecule has 0 radical (unpaired) electrons. The summed E-state index contributed by atoms with van der Waals surface area (Å²) in [6.07, 6.45) is 62.4. The molecule has 0 aromatic carbocycles. The van der Waals surface area contributed by atoms with Gasteiger partial charge in [-0.15, -0.1) is 0 Å². The fraction of sp³-hybridized carbons (Fsp3) is 0.922. The largest absolute Gasteiger partial charge is 0.394 e. The number of nitrogens with one attached hydrogen (secondary N) is 1. The van der Waals surface area contributed by atoms with Crippen molar-refractivity contribution in [2.45, 2.75) is 365 Å². The molecule has 7 unspecified atom stereocenters. The van der Waals surface area contributed by atoms with Gasteiger partial charge in [0.1, 0.15) is 24.4 Å². The predicted octanol–water partition coefficient (Wildman–Crippen LogP) is 16.5. The molecule has 9 nitrogen and oxygen atoms in total. The lowest BCUT2D eigenvalue weighted by Gasteiger charge is -2.40. The third-order valence-corrected chi connectivity index (χ3v) is 15.6. The van der Waals surface area contributed by atoms with Crippen LogP contribution in [0.25, 0.3) is 0 Å². The van der Waals surface area contributed by atoms with Crippen LogP contribution in [-0.4, -0.2) is 87.5 Å². The molecule has 0 bridgehead atoms. The zero-order valence-electron chi connectivity index (χ0n) is 48.2. The van der Waals surface area contributed by atoms with E-state index in [4.69, 9.17) is 9.47 Å². The zero-order valence-corrected chi connectivity index (χ0v) is 48.2. The van der Waals surface area contributed by atoms with E-state index in [0.717, 1.165) is 44.9 Å². The molecule has 73 heavy (non-hydrogen) atoms. The Morgan fingerprint density at radius 2 is 0.808 bits per heavy atom. The number of carbonyl (C=O) groups excluding carboxylic acids is 1. The van der Waals surface area contributed by atoms with Crippen molar-refractivity contribution in [2.75, 3.05) is 13.2 Å². The van der Waals surface area contributed by atoms with Gasteiger partial charge in [-0.25, -0.2) is 0 Å². The normalized spacial score (nSPS) is 19.1. The summed E-state index contributed by atoms with van der Waals surface area (Å²) in [5.74, 6) is -0.138. The number of aliphatic hydroxyl groups excluding tert-OH is 5. The Kier molecular flexibility index (Phi) is 51.6. The average Bonchev–Trinajstić information content (AvgIpc) is 3.39. The van der Waals surface area contributed by atoms with Crippen LogP contribution in [0.4, 0.5) is 0 Å². The van der Waals surface area contributed by atoms with Crippen molar-refractivity contribution in [3.8, 4) is 0 Å². The monoisotopic (exact) mass is 1030 g/mol. The van der Waals surface area contributed by atoms with E-state index in [0.29, 0.717) is 12.8 Å². The molecule has 1 heterocycles. The number of ether oxygens (including phenoxy) is 2. The molecule has 1 saturated heterocycles. The van der Waals surface area contributed by atoms with E-state index in [2.05, 4.69) is 43.5 Å². The van der Waals surface area contributed by atoms with Crippen LogP contribution in [0.1, 0.15) is 322 Å². The van der Waals surface area contributed by atoms with E-state index in [-0.39, 0.29) is 12.5 Å². The van der Waals surface area contributed by atoms with Crippen molar-refractivity contribution in [3.63, 3.8) is 0 Å². The Morgan fingerprint density at radius 1 is 0.466 bits per heavy atom. The Morgan fingerprint density at radius 3 is 1.18 bits per heavy atom. The van der Waals surface area contributed by atoms with E-state index < -0.39 is 49.5 Å². The zero-order chi connectivity index (χ0) is 52.9. The molecule has 1 rings (SSSR count). The van der Waals surface area contributed by atoms with Crippen LogP contribution in [0, 0.1) is 0 Å². The molecule has 0 spiro atoms. The maximum absolute atomic E-state index is 13.1. The van der Waals surface area contributed by atoms with Crippen LogP contribution in [0.5, 0.6) is 0 Å². The highest BCUT2D eigenvalue weighted by Gasteiger charge is 2.44. The molecular formula is C64H123NO8. The number of amides is 1. The van der Waals surface area contributed by atoms with Gasteiger partial charge < -0.3 is 40.3 Å². The number of carbonyl (C=O) groups is 1. The van der Waals surface area contributed by atoms with Gasteiger partial charge in [0.2, 0.25) is 5.91 Å². The Bertz CT molecular complexity index is 1200. The van der Waals surface area contributed by atoms with Crippen LogP contribution in [0.2, 0.25) is 0 Å². The highest BCUT2D eigenvalue weighted by Crippen LogP contribution is 2.24. The Hall–Kier alpha value is -1.33. The van der Waals surface area contributed by atoms with Crippen LogP contribution in [0.3, 0.4) is 0 Å². The standard InChI is InChI=1S/C64H123NO8/c1-3-5-7-9-11-13-15-17-19-20-21-22-23-24-25-26-27-28-29-30-31-32-33-34-35-36-37-38-40-42-44-46-48-50-52-54-60(68)65-57(56-72-64-63(71)62(70)61(69)59(55-66)73-64)58(67)53-51-49-47-45-43-41-39-18-16-14-12-10-8-6-4-2/h15,17,20-21,57-59,61-64,66-67,69-71H,3-14,16,18-19,22-56H2,1-2H3,(H,65,68)/b17-15-,21-20-. The Labute approximate surface area is 451 Å². The van der Waals surface area contributed by atoms with Gasteiger partial charge in [-0.05, 0) is 44.9 Å². The predicted molar refractivity (Wildman–Crippen MR) is 309 cm³/mol. The minimum absolute atomic E-state index is 0.133. The average molecular weight is 1030 g/mol. The molecule has 432 valence electrons. The highest BCUT2D eigenvalue weighted by atomic mass is 16.7. The number of hydrogen-bond donors (Lipinski definition) is 6. The number of aliphatic hydroxyl groups is 5. The molecule has 0 aromatic rings. The van der Waals surface area contributed by atoms with Crippen LogP contribution < -0.4 is 5.32 Å². The molecule has 1 aliphatic rings. The van der Waals surface area contributed by atoms with Crippen molar-refractivity contribution >= 4 is 5.91 Å². The van der Waals surface area contributed by atoms with E-state index in [1.54, 1.807) is 0 Å². The quantitative estimate of drug-likeness (QED) is 0.0261. The SMILES string of the molecule is CCCCCCC/C=C\C/C=C\CCCCCCCCCCCCCCCCCCCCCCCCCC(=O)NC(COC1OC(CO)C(O)C(O)C1O)C(O)CCCCCCCCCCCCCCCCC. The first kappa shape index (κ1) is 69.7. The fourth-order valence-corrected chi connectivity index (χ4v) is 10.5. The first-order chi connectivity index (χ1) is 35.8. The summed E-state index contributed by atoms with van der Waals surface area (Å²) in [5.41, 5.74) is 0. The van der Waals surface area contributed by atoms with Crippen molar-refractivity contribution in [1.29, 1.82) is 0 Å². The third-order valence-electron chi connectivity index (χ3n) is 15.6. The maximum Gasteiger partial charge on any atom is 0.220 e. The maximum atomic E-state index is 13.1. The smallest absolute Gasteiger partial charge is 0.220 e. The van der Waals surface area contributed by atoms with Gasteiger partial charge in [0.05, 0.1) is 25.4 Å². The summed E-state index contributed by atoms with van der Waals surface area (Å²) >= 11 is 0. The third kappa shape index (κ3) is 43.4. The molecular weight excluding hydrogens is 911 g/mol. The first-order valence-electron chi connectivity index (χ1n) is 32.0. The summed E-state index contributed by atoms with van der Waals surface area (Å²) in [4.78, 5) is 13.1. The molecule has 9 heteroatoms. The molecule has 1 fully saturated rings. The van der Waals surface area contributed by atoms with Gasteiger partial charge >= 0.3 is 0 Å². The lowest BCUT2D eigenvalue weighted by Crippen LogP contribution is -2.60. The van der Waals surface area contributed by atoms with Crippen molar-refractivity contribution in [1.82, 2.24) is 5.32 Å². The van der Waals surface area contributed by atoms with Gasteiger partial charge in [0, 0.05) is 6.42 Å². The van der Waals surface area contributed by atoms with Crippen LogP contribution in [-0.2, 0) is 14.3 Å². The summed E-state index contributed by atoms with van der Waals surface area (Å²) in [6, 6.07) is -0.715. The number of rotatable bonds is 56. The molecule has 0 saturated carbocycles. The van der Waals surface area contributed by atoms with Crippen molar-refractivity contribution in [2.24, 2.45) is 0 Å². The minimum atomic E-state index is -1.55. The van der Waals surface area contributed by atoms with Crippen molar-refractivity contribution < 1.29 is 39.8 Å². The highest BCUT2D eigenvalue weighted by molar-refractivity contribution is 5.76. The van der Waals surface area contributed by atoms with Gasteiger partial charge in [0.15, 0.2) is 6.29 Å². The molecule has 0 aliphatic carbocycles. The van der Waals surface area contributed by atoms with E-state index in [9.17, 15) is 30.3 Å². The fourth-order valence-electron chi connectivity index (χ4n) is 10.5. The second-order valence-corrected chi connectivity index (χ2v) is 22.6. The van der Waals surface area contributed by atoms with Gasteiger partial charge in [0.25, 0.3) is 0 Å². The number of allylic oxidation sites excluding steroid dienone is 4. The number of hydrogen-bond acceptors (Lipinski definition) is 8. The number of unbranched alkanes of at least 4 members (excludes halogenated alkanes) is 42. The summed E-state index contributed by atoms with van der Waals surface area (Å²) < 4.78 is 11.3. The van der Waals surface area contributed by atoms with E-state index >= 15 is 0 Å². The lowest BCUT2D eigenvalue weighted by molar-refractivity contribution is -0.302. The molecule has 1 aliphatic heterocycles. The molecule has 7 atom stereocenters. The first-order valence-corrected chi connectivity index (χ1v) is 32.0. The van der Waals surface area contributed by atoms with E-state index in [1.807, 2.05) is 0 Å². The topological polar surface area (TPSA) is 149 Å². The molecule has 6 N–H and O–H groups in total. The summed E-state index contributed by atoms with van der Waals surface area (Å²) in [6.45, 7) is 3.86. The van der Waals surface area contributed by atoms with E-state index in [1.165, 1.54) is 250 Å². The van der Waals surface area contributed by atoms with Crippen molar-refractivity contribution in [3.05, 3.63) is 24.3 Å². The van der Waals surface area contributed by atoms with Crippen LogP contribution >= 0.6 is 0 Å². The summed E-state index contributed by atoms with van der Waals surface area (Å²) in [7, 11) is 0. The van der Waals surface area contributed by atoms with Crippen LogP contribution in [0.15, 0.2) is 24.3 Å². The minimum Gasteiger partial charge on any atom is -0.394 e.